The third-order valence-corrected chi connectivity index (χ3v) is 1.56. The molecule has 0 amide bonds. The Balaban J connectivity index is 3.58. The van der Waals surface area contributed by atoms with Gasteiger partial charge in [0.05, 0.1) is 12.2 Å². The molecule has 3 N–H and O–H groups in total. The van der Waals surface area contributed by atoms with Crippen LogP contribution in [0, 0.1) is 6.92 Å². The van der Waals surface area contributed by atoms with Gasteiger partial charge in [0.25, 0.3) is 0 Å². The minimum atomic E-state index is -1.08. The summed E-state index contributed by atoms with van der Waals surface area (Å²) in [5.74, 6) is 0. The molecule has 0 bridgehead atoms. The van der Waals surface area contributed by atoms with Crippen LogP contribution < -0.4 is 0 Å². The van der Waals surface area contributed by atoms with E-state index >= 15 is 0 Å². The molecule has 0 aromatic heterocycles. The molecule has 61 valence electrons. The quantitative estimate of drug-likeness (QED) is 0.500. The number of hydrogen-bond donors (Lipinski definition) is 3. The van der Waals surface area contributed by atoms with Gasteiger partial charge >= 0.3 is 0 Å². The van der Waals surface area contributed by atoms with Crippen LogP contribution in [-0.4, -0.2) is 34.1 Å². The van der Waals surface area contributed by atoms with Crippen molar-refractivity contribution < 1.29 is 15.3 Å². The number of aliphatic hydroxyl groups excluding tert-OH is 2. The second kappa shape index (κ2) is 4.66. The summed E-state index contributed by atoms with van der Waals surface area (Å²) < 4.78 is 0. The Labute approximate surface area is 61.3 Å². The van der Waals surface area contributed by atoms with Crippen LogP contribution in [-0.2, 0) is 0 Å². The van der Waals surface area contributed by atoms with Gasteiger partial charge in [0.15, 0.2) is 0 Å². The van der Waals surface area contributed by atoms with Crippen LogP contribution in [0.5, 0.6) is 0 Å². The third-order valence-electron chi connectivity index (χ3n) is 1.56. The first-order valence-corrected chi connectivity index (χ1v) is 3.42. The Hall–Kier alpha value is -0.120. The highest BCUT2D eigenvalue weighted by molar-refractivity contribution is 4.77. The van der Waals surface area contributed by atoms with Crippen molar-refractivity contribution in [2.45, 2.75) is 24.9 Å². The summed E-state index contributed by atoms with van der Waals surface area (Å²) in [6, 6.07) is 0. The second-order valence-electron chi connectivity index (χ2n) is 2.46. The lowest BCUT2D eigenvalue weighted by atomic mass is 9.96. The first-order valence-electron chi connectivity index (χ1n) is 3.42. The van der Waals surface area contributed by atoms with Crippen molar-refractivity contribution in [2.24, 2.45) is 0 Å². The van der Waals surface area contributed by atoms with Crippen molar-refractivity contribution in [1.82, 2.24) is 0 Å². The molecule has 1 atom stereocenters. The first kappa shape index (κ1) is 9.88. The smallest absolute Gasteiger partial charge is 0.0878 e. The molecule has 0 saturated carbocycles. The zero-order chi connectivity index (χ0) is 8.04. The zero-order valence-corrected chi connectivity index (χ0v) is 6.08. The highest BCUT2D eigenvalue weighted by atomic mass is 16.3. The topological polar surface area (TPSA) is 60.7 Å². The summed E-state index contributed by atoms with van der Waals surface area (Å²) in [5.41, 5.74) is -1.08. The molecule has 0 aromatic rings. The Morgan fingerprint density at radius 2 is 1.90 bits per heavy atom. The van der Waals surface area contributed by atoms with E-state index in [2.05, 4.69) is 6.92 Å². The highest BCUT2D eigenvalue weighted by Crippen LogP contribution is 2.15. The molecule has 1 radical (unpaired) electrons. The number of hydrogen-bond acceptors (Lipinski definition) is 3. The van der Waals surface area contributed by atoms with Crippen LogP contribution in [0.25, 0.3) is 0 Å². The fraction of sp³-hybridized carbons (Fsp3) is 0.857. The van der Waals surface area contributed by atoms with Crippen molar-refractivity contribution in [1.29, 1.82) is 0 Å². The maximum atomic E-state index is 9.34. The van der Waals surface area contributed by atoms with Crippen molar-refractivity contribution >= 4 is 0 Å². The molecule has 1 unspecified atom stereocenters. The molecule has 0 aliphatic heterocycles. The average Bonchev–Trinajstić information content (AvgIpc) is 2.00. The minimum absolute atomic E-state index is 0.0440. The molecule has 3 heteroatoms. The zero-order valence-electron chi connectivity index (χ0n) is 6.08. The molecule has 0 spiro atoms. The predicted octanol–water partition coefficient (Wildman–Crippen LogP) is -0.294. The van der Waals surface area contributed by atoms with E-state index < -0.39 is 5.60 Å². The van der Waals surface area contributed by atoms with Gasteiger partial charge in [-0.3, -0.25) is 0 Å². The summed E-state index contributed by atoms with van der Waals surface area (Å²) in [5, 5.41) is 26.4. The fourth-order valence-corrected chi connectivity index (χ4v) is 0.691. The lowest BCUT2D eigenvalue weighted by Gasteiger charge is -2.23. The molecule has 0 aromatic carbocycles. The van der Waals surface area contributed by atoms with Crippen LogP contribution in [0.2, 0.25) is 0 Å². The predicted molar refractivity (Wildman–Crippen MR) is 38.3 cm³/mol. The van der Waals surface area contributed by atoms with Gasteiger partial charge in [-0.15, -0.1) is 0 Å². The summed E-state index contributed by atoms with van der Waals surface area (Å²) in [6.45, 7) is 3.25. The Morgan fingerprint density at radius 3 is 2.20 bits per heavy atom. The van der Waals surface area contributed by atoms with E-state index in [1.54, 1.807) is 0 Å². The normalized spacial score (nSPS) is 16.8. The van der Waals surface area contributed by atoms with E-state index in [0.29, 0.717) is 12.8 Å². The molecule has 0 saturated heterocycles. The third kappa shape index (κ3) is 3.15. The molecule has 0 fully saturated rings. The van der Waals surface area contributed by atoms with Crippen molar-refractivity contribution in [3.8, 4) is 0 Å². The Bertz CT molecular complexity index is 78.9. The van der Waals surface area contributed by atoms with Gasteiger partial charge in [0.1, 0.15) is 0 Å². The molecule has 3 nitrogen and oxygen atoms in total. The van der Waals surface area contributed by atoms with Gasteiger partial charge < -0.3 is 15.3 Å². The molecule has 0 aliphatic carbocycles. The van der Waals surface area contributed by atoms with E-state index in [1.165, 1.54) is 0 Å². The maximum Gasteiger partial charge on any atom is 0.0878 e. The van der Waals surface area contributed by atoms with Crippen LogP contribution in [0.1, 0.15) is 19.3 Å². The Morgan fingerprint density at radius 1 is 1.30 bits per heavy atom. The van der Waals surface area contributed by atoms with Crippen molar-refractivity contribution in [3.05, 3.63) is 6.92 Å². The van der Waals surface area contributed by atoms with Gasteiger partial charge in [-0.2, -0.15) is 0 Å². The highest BCUT2D eigenvalue weighted by Gasteiger charge is 2.22. The van der Waals surface area contributed by atoms with Crippen LogP contribution in [0.3, 0.4) is 0 Å². The van der Waals surface area contributed by atoms with Gasteiger partial charge in [0.2, 0.25) is 0 Å². The summed E-state index contributed by atoms with van der Waals surface area (Å²) in [7, 11) is 0. The van der Waals surface area contributed by atoms with Crippen LogP contribution in [0.15, 0.2) is 0 Å². The second-order valence-corrected chi connectivity index (χ2v) is 2.46. The van der Waals surface area contributed by atoms with E-state index in [9.17, 15) is 5.11 Å². The standard InChI is InChI=1S/C7H15O3/c1-2-7(10,6-9)4-3-5-8/h8-10H,1-6H2. The summed E-state index contributed by atoms with van der Waals surface area (Å²) in [6.07, 6.45) is 1.19. The first-order chi connectivity index (χ1) is 4.68. The van der Waals surface area contributed by atoms with E-state index in [4.69, 9.17) is 10.2 Å². The van der Waals surface area contributed by atoms with E-state index in [-0.39, 0.29) is 19.6 Å². The average molecular weight is 147 g/mol. The molecule has 10 heavy (non-hydrogen) atoms. The monoisotopic (exact) mass is 147 g/mol. The van der Waals surface area contributed by atoms with Crippen molar-refractivity contribution in [2.75, 3.05) is 13.2 Å². The molecule has 0 heterocycles. The fourth-order valence-electron chi connectivity index (χ4n) is 0.691. The van der Waals surface area contributed by atoms with Gasteiger partial charge in [-0.25, -0.2) is 0 Å². The number of aliphatic hydroxyl groups is 3. The van der Waals surface area contributed by atoms with Gasteiger partial charge in [0, 0.05) is 6.61 Å². The molecule has 0 rings (SSSR count). The number of rotatable bonds is 5. The SMILES string of the molecule is [CH2]CC(O)(CO)CCCO. The van der Waals surface area contributed by atoms with Gasteiger partial charge in [-0.1, -0.05) is 6.92 Å². The maximum absolute atomic E-state index is 9.34. The summed E-state index contributed by atoms with van der Waals surface area (Å²) >= 11 is 0. The van der Waals surface area contributed by atoms with Crippen LogP contribution >= 0.6 is 0 Å². The molecule has 0 aliphatic rings. The van der Waals surface area contributed by atoms with E-state index in [1.807, 2.05) is 0 Å². The Kier molecular flexibility index (Phi) is 4.60. The minimum Gasteiger partial charge on any atom is -0.396 e. The van der Waals surface area contributed by atoms with Crippen molar-refractivity contribution in [3.63, 3.8) is 0 Å². The van der Waals surface area contributed by atoms with Crippen LogP contribution in [0.4, 0.5) is 0 Å². The summed E-state index contributed by atoms with van der Waals surface area (Å²) in [4.78, 5) is 0. The van der Waals surface area contributed by atoms with E-state index in [0.717, 1.165) is 0 Å². The lowest BCUT2D eigenvalue weighted by molar-refractivity contribution is -0.0233. The largest absolute Gasteiger partial charge is 0.396 e. The molecular formula is C7H15O3. The van der Waals surface area contributed by atoms with Gasteiger partial charge in [-0.05, 0) is 19.3 Å². The lowest BCUT2D eigenvalue weighted by Crippen LogP contribution is -2.32. The molecular weight excluding hydrogens is 132 g/mol.